The number of piperazine rings is 1. The van der Waals surface area contributed by atoms with Crippen LogP contribution in [0.2, 0.25) is 10.0 Å². The Hall–Kier alpha value is -2.48. The van der Waals surface area contributed by atoms with Gasteiger partial charge in [-0.2, -0.15) is 0 Å². The van der Waals surface area contributed by atoms with Crippen molar-refractivity contribution in [1.29, 1.82) is 0 Å². The SMILES string of the molecule is O=C(OCN1C(=O)CCc2ccc(OCCCCN3CCN(c4cccc(Cl)c4Cl)CC3)cc21)C1CCCCC1. The van der Waals surface area contributed by atoms with Crippen LogP contribution >= 0.6 is 23.2 Å². The Balaban J connectivity index is 1.05. The first-order valence-electron chi connectivity index (χ1n) is 14.6. The average molecular weight is 589 g/mol. The van der Waals surface area contributed by atoms with Gasteiger partial charge in [0, 0.05) is 38.7 Å². The molecule has 5 rings (SSSR count). The number of esters is 1. The predicted octanol–water partition coefficient (Wildman–Crippen LogP) is 6.33. The van der Waals surface area contributed by atoms with Crippen LogP contribution in [0.15, 0.2) is 36.4 Å². The lowest BCUT2D eigenvalue weighted by atomic mass is 9.89. The lowest BCUT2D eigenvalue weighted by molar-refractivity contribution is -0.150. The minimum Gasteiger partial charge on any atom is -0.494 e. The topological polar surface area (TPSA) is 62.3 Å². The third-order valence-corrected chi connectivity index (χ3v) is 9.12. The Morgan fingerprint density at radius 2 is 1.73 bits per heavy atom. The molecule has 0 radical (unpaired) electrons. The summed E-state index contributed by atoms with van der Waals surface area (Å²) in [7, 11) is 0. The molecule has 7 nitrogen and oxygen atoms in total. The molecule has 1 saturated carbocycles. The van der Waals surface area contributed by atoms with Gasteiger partial charge in [-0.05, 0) is 62.4 Å². The molecule has 2 heterocycles. The zero-order chi connectivity index (χ0) is 27.9. The van der Waals surface area contributed by atoms with E-state index in [1.54, 1.807) is 4.90 Å². The molecule has 9 heteroatoms. The molecule has 2 aromatic carbocycles. The third-order valence-electron chi connectivity index (χ3n) is 8.31. The Kier molecular flexibility index (Phi) is 10.1. The average Bonchev–Trinajstić information content (AvgIpc) is 2.98. The summed E-state index contributed by atoms with van der Waals surface area (Å²) in [6.07, 6.45) is 8.20. The first-order valence-corrected chi connectivity index (χ1v) is 15.4. The van der Waals surface area contributed by atoms with Crippen LogP contribution in [-0.2, 0) is 20.7 Å². The van der Waals surface area contributed by atoms with Gasteiger partial charge in [0.1, 0.15) is 5.75 Å². The molecular weight excluding hydrogens is 549 g/mol. The van der Waals surface area contributed by atoms with Gasteiger partial charge >= 0.3 is 5.97 Å². The lowest BCUT2D eigenvalue weighted by Gasteiger charge is -2.36. The van der Waals surface area contributed by atoms with Crippen LogP contribution in [-0.4, -0.2) is 62.8 Å². The van der Waals surface area contributed by atoms with E-state index in [2.05, 4.69) is 9.80 Å². The van der Waals surface area contributed by atoms with Gasteiger partial charge in [-0.15, -0.1) is 0 Å². The van der Waals surface area contributed by atoms with Crippen molar-refractivity contribution < 1.29 is 19.1 Å². The second kappa shape index (κ2) is 13.9. The van der Waals surface area contributed by atoms with Crippen LogP contribution in [0.25, 0.3) is 0 Å². The minimum absolute atomic E-state index is 0.0150. The van der Waals surface area contributed by atoms with E-state index in [1.165, 1.54) is 6.42 Å². The number of carbonyl (C=O) groups excluding carboxylic acids is 2. The van der Waals surface area contributed by atoms with E-state index in [0.717, 1.165) is 93.9 Å². The van der Waals surface area contributed by atoms with E-state index in [4.69, 9.17) is 32.7 Å². The summed E-state index contributed by atoms with van der Waals surface area (Å²) < 4.78 is 11.7. The van der Waals surface area contributed by atoms with Crippen molar-refractivity contribution >= 4 is 46.5 Å². The van der Waals surface area contributed by atoms with Crippen LogP contribution in [0.4, 0.5) is 11.4 Å². The van der Waals surface area contributed by atoms with Crippen molar-refractivity contribution in [3.63, 3.8) is 0 Å². The van der Waals surface area contributed by atoms with Gasteiger partial charge in [0.15, 0.2) is 6.73 Å². The normalized spacial score (nSPS) is 18.5. The molecule has 40 heavy (non-hydrogen) atoms. The fourth-order valence-electron chi connectivity index (χ4n) is 5.91. The standard InChI is InChI=1S/C31H39Cl2N3O4/c32-26-9-6-10-27(30(26)33)35-18-16-34(17-19-35)15-4-5-20-39-25-13-11-23-12-14-29(37)36(28(23)21-25)22-40-31(38)24-7-2-1-3-8-24/h6,9-11,13,21,24H,1-5,7-8,12,14-20,22H2. The largest absolute Gasteiger partial charge is 0.494 e. The summed E-state index contributed by atoms with van der Waals surface area (Å²) in [5.41, 5.74) is 2.89. The molecule has 1 aliphatic carbocycles. The second-order valence-corrected chi connectivity index (χ2v) is 11.8. The van der Waals surface area contributed by atoms with Crippen LogP contribution in [0, 0.1) is 5.92 Å². The van der Waals surface area contributed by atoms with Gasteiger partial charge in [0.2, 0.25) is 5.91 Å². The van der Waals surface area contributed by atoms with E-state index in [-0.39, 0.29) is 24.5 Å². The number of anilines is 2. The molecule has 0 unspecified atom stereocenters. The first-order chi connectivity index (χ1) is 19.5. The highest BCUT2D eigenvalue weighted by atomic mass is 35.5. The van der Waals surface area contributed by atoms with E-state index in [1.807, 2.05) is 36.4 Å². The zero-order valence-corrected chi connectivity index (χ0v) is 24.6. The number of aryl methyl sites for hydroxylation is 1. The van der Waals surface area contributed by atoms with Crippen LogP contribution in [0.3, 0.4) is 0 Å². The third kappa shape index (κ3) is 7.23. The maximum Gasteiger partial charge on any atom is 0.310 e. The molecule has 0 bridgehead atoms. The molecule has 3 aliphatic rings. The molecule has 1 amide bonds. The number of benzene rings is 2. The summed E-state index contributed by atoms with van der Waals surface area (Å²) in [5, 5.41) is 1.22. The monoisotopic (exact) mass is 587 g/mol. The van der Waals surface area contributed by atoms with E-state index >= 15 is 0 Å². The Morgan fingerprint density at radius 3 is 2.52 bits per heavy atom. The molecular formula is C31H39Cl2N3O4. The number of nitrogens with zero attached hydrogens (tertiary/aromatic N) is 3. The highest BCUT2D eigenvalue weighted by molar-refractivity contribution is 6.43. The first kappa shape index (κ1) is 29.0. The molecule has 0 N–H and O–H groups in total. The summed E-state index contributed by atoms with van der Waals surface area (Å²) in [5.74, 6) is 0.512. The molecule has 2 fully saturated rings. The fraction of sp³-hybridized carbons (Fsp3) is 0.548. The second-order valence-electron chi connectivity index (χ2n) is 11.0. The number of hydrogen-bond acceptors (Lipinski definition) is 6. The summed E-state index contributed by atoms with van der Waals surface area (Å²) in [4.78, 5) is 31.6. The maximum atomic E-state index is 12.7. The number of amides is 1. The number of ether oxygens (including phenoxy) is 2. The van der Waals surface area contributed by atoms with Gasteiger partial charge < -0.3 is 14.4 Å². The fourth-order valence-corrected chi connectivity index (χ4v) is 6.32. The van der Waals surface area contributed by atoms with Gasteiger partial charge in [0.05, 0.1) is 33.9 Å². The smallest absolute Gasteiger partial charge is 0.310 e. The van der Waals surface area contributed by atoms with Crippen molar-refractivity contribution in [3.8, 4) is 5.75 Å². The number of carbonyl (C=O) groups is 2. The van der Waals surface area contributed by atoms with Gasteiger partial charge in [-0.25, -0.2) is 0 Å². The Bertz CT molecular complexity index is 1180. The van der Waals surface area contributed by atoms with Crippen molar-refractivity contribution in [3.05, 3.63) is 52.0 Å². The van der Waals surface area contributed by atoms with Crippen molar-refractivity contribution in [2.45, 2.75) is 57.8 Å². The lowest BCUT2D eigenvalue weighted by Crippen LogP contribution is -2.46. The molecule has 0 spiro atoms. The zero-order valence-electron chi connectivity index (χ0n) is 23.1. The van der Waals surface area contributed by atoms with Gasteiger partial charge in [-0.1, -0.05) is 54.6 Å². The number of hydrogen-bond donors (Lipinski definition) is 0. The quantitative estimate of drug-likeness (QED) is 0.239. The number of fused-ring (bicyclic) bond motifs is 1. The summed E-state index contributed by atoms with van der Waals surface area (Å²) >= 11 is 12.6. The number of unbranched alkanes of at least 4 members (excludes halogenated alkanes) is 1. The highest BCUT2D eigenvalue weighted by Gasteiger charge is 2.28. The highest BCUT2D eigenvalue weighted by Crippen LogP contribution is 2.34. The van der Waals surface area contributed by atoms with Gasteiger partial charge in [0.25, 0.3) is 0 Å². The Morgan fingerprint density at radius 1 is 0.925 bits per heavy atom. The van der Waals surface area contributed by atoms with E-state index in [9.17, 15) is 9.59 Å². The van der Waals surface area contributed by atoms with Crippen molar-refractivity contribution in [2.24, 2.45) is 5.92 Å². The van der Waals surface area contributed by atoms with Gasteiger partial charge in [-0.3, -0.25) is 19.4 Å². The Labute approximate surface area is 247 Å². The molecule has 1 saturated heterocycles. The number of halogens is 2. The minimum atomic E-state index is -0.179. The number of rotatable bonds is 10. The predicted molar refractivity (Wildman–Crippen MR) is 160 cm³/mol. The van der Waals surface area contributed by atoms with Crippen molar-refractivity contribution in [1.82, 2.24) is 4.90 Å². The van der Waals surface area contributed by atoms with Crippen molar-refractivity contribution in [2.75, 3.05) is 55.9 Å². The molecule has 216 valence electrons. The maximum absolute atomic E-state index is 12.7. The van der Waals surface area contributed by atoms with E-state index in [0.29, 0.717) is 29.5 Å². The molecule has 0 aromatic heterocycles. The molecule has 2 aromatic rings. The van der Waals surface area contributed by atoms with Crippen LogP contribution < -0.4 is 14.5 Å². The summed E-state index contributed by atoms with van der Waals surface area (Å²) in [6.45, 7) is 5.45. The molecule has 2 aliphatic heterocycles. The van der Waals surface area contributed by atoms with E-state index < -0.39 is 0 Å². The van der Waals surface area contributed by atoms with Crippen LogP contribution in [0.5, 0.6) is 5.75 Å². The summed E-state index contributed by atoms with van der Waals surface area (Å²) in [6, 6.07) is 11.7. The molecule has 0 atom stereocenters. The van der Waals surface area contributed by atoms with Crippen LogP contribution in [0.1, 0.15) is 56.9 Å².